The van der Waals surface area contributed by atoms with E-state index in [2.05, 4.69) is 14.7 Å². The number of piperidine rings is 1. The van der Waals surface area contributed by atoms with Crippen LogP contribution in [0.3, 0.4) is 0 Å². The Balaban J connectivity index is 1.48. The number of hydrogen-bond donors (Lipinski definition) is 2. The van der Waals surface area contributed by atoms with Gasteiger partial charge in [-0.3, -0.25) is 9.52 Å². The number of nitrogens with zero attached hydrogens (tertiary/aromatic N) is 2. The predicted molar refractivity (Wildman–Crippen MR) is 109 cm³/mol. The van der Waals surface area contributed by atoms with Crippen LogP contribution in [0.15, 0.2) is 48.5 Å². The molecule has 1 aromatic heterocycles. The zero-order valence-electron chi connectivity index (χ0n) is 15.6. The Morgan fingerprint density at radius 1 is 1.18 bits per heavy atom. The number of hydrogen-bond acceptors (Lipinski definition) is 4. The molecule has 2 N–H and O–H groups in total. The number of rotatable bonds is 4. The molecule has 3 aromatic rings. The highest BCUT2D eigenvalue weighted by atomic mass is 32.2. The third-order valence-electron chi connectivity index (χ3n) is 4.94. The fourth-order valence-electron chi connectivity index (χ4n) is 3.63. The fourth-order valence-corrected chi connectivity index (χ4v) is 4.19. The minimum absolute atomic E-state index is 0.0493. The van der Waals surface area contributed by atoms with Crippen molar-refractivity contribution in [2.45, 2.75) is 18.8 Å². The molecule has 1 aliphatic rings. The molecule has 0 radical (unpaired) electrons. The minimum Gasteiger partial charge on any atom is -0.342 e. The van der Waals surface area contributed by atoms with E-state index >= 15 is 0 Å². The van der Waals surface area contributed by atoms with Crippen LogP contribution in [-0.2, 0) is 10.0 Å². The molecule has 0 aliphatic carbocycles. The average Bonchev–Trinajstić information content (AvgIpc) is 3.11. The van der Waals surface area contributed by atoms with Gasteiger partial charge in [0.2, 0.25) is 10.0 Å². The number of sulfonamides is 1. The minimum atomic E-state index is -3.34. The number of anilines is 1. The molecule has 2 heterocycles. The number of carbonyl (C=O) groups excluding carboxylic acids is 1. The number of aromatic amines is 1. The molecule has 1 saturated heterocycles. The number of nitrogens with one attached hydrogen (secondary N) is 2. The molecular formula is C20H22N4O3S. The zero-order valence-corrected chi connectivity index (χ0v) is 16.4. The molecule has 7 nitrogen and oxygen atoms in total. The topological polar surface area (TPSA) is 95.2 Å². The van der Waals surface area contributed by atoms with Gasteiger partial charge in [0.15, 0.2) is 0 Å². The van der Waals surface area contributed by atoms with Crippen LogP contribution in [0.5, 0.6) is 0 Å². The second-order valence-corrected chi connectivity index (χ2v) is 8.93. The molecule has 146 valence electrons. The SMILES string of the molecule is CS(=O)(=O)Nc1ccc(C(=O)N2CCCC(c3nc4ccccc4[nH]3)C2)cc1. The van der Waals surface area contributed by atoms with Crippen molar-refractivity contribution in [3.05, 3.63) is 59.9 Å². The van der Waals surface area contributed by atoms with Gasteiger partial charge in [-0.15, -0.1) is 0 Å². The van der Waals surface area contributed by atoms with Crippen LogP contribution in [0.4, 0.5) is 5.69 Å². The summed E-state index contributed by atoms with van der Waals surface area (Å²) >= 11 is 0. The van der Waals surface area contributed by atoms with Crippen molar-refractivity contribution in [3.63, 3.8) is 0 Å². The third-order valence-corrected chi connectivity index (χ3v) is 5.54. The Bertz CT molecular complexity index is 1070. The molecule has 4 rings (SSSR count). The van der Waals surface area contributed by atoms with Crippen LogP contribution in [0.2, 0.25) is 0 Å². The highest BCUT2D eigenvalue weighted by molar-refractivity contribution is 7.92. The van der Waals surface area contributed by atoms with E-state index in [0.29, 0.717) is 24.3 Å². The van der Waals surface area contributed by atoms with Gasteiger partial charge in [0.1, 0.15) is 5.82 Å². The maximum Gasteiger partial charge on any atom is 0.253 e. The highest BCUT2D eigenvalue weighted by Gasteiger charge is 2.27. The smallest absolute Gasteiger partial charge is 0.253 e. The molecule has 1 fully saturated rings. The summed E-state index contributed by atoms with van der Waals surface area (Å²) in [5.41, 5.74) is 2.94. The lowest BCUT2D eigenvalue weighted by molar-refractivity contribution is 0.0705. The lowest BCUT2D eigenvalue weighted by Crippen LogP contribution is -2.39. The number of imidazole rings is 1. The van der Waals surface area contributed by atoms with Crippen LogP contribution >= 0.6 is 0 Å². The first-order valence-corrected chi connectivity index (χ1v) is 11.1. The van der Waals surface area contributed by atoms with Crippen molar-refractivity contribution in [1.29, 1.82) is 0 Å². The summed E-state index contributed by atoms with van der Waals surface area (Å²) in [5, 5.41) is 0. The summed E-state index contributed by atoms with van der Waals surface area (Å²) in [6.07, 6.45) is 3.00. The number of para-hydroxylation sites is 2. The third kappa shape index (κ3) is 4.01. The van der Waals surface area contributed by atoms with Crippen molar-refractivity contribution in [3.8, 4) is 0 Å². The average molecular weight is 398 g/mol. The summed E-state index contributed by atoms with van der Waals surface area (Å²) in [6.45, 7) is 1.32. The summed E-state index contributed by atoms with van der Waals surface area (Å²) in [6, 6.07) is 14.4. The molecule has 8 heteroatoms. The van der Waals surface area contributed by atoms with Gasteiger partial charge in [-0.2, -0.15) is 0 Å². The van der Waals surface area contributed by atoms with E-state index in [9.17, 15) is 13.2 Å². The van der Waals surface area contributed by atoms with Crippen molar-refractivity contribution in [2.75, 3.05) is 24.1 Å². The molecule has 1 atom stereocenters. The standard InChI is InChI=1S/C20H22N4O3S/c1-28(26,27)23-16-10-8-14(9-11-16)20(25)24-12-4-5-15(13-24)19-21-17-6-2-3-7-18(17)22-19/h2-3,6-11,15,23H,4-5,12-13H2,1H3,(H,21,22). The maximum atomic E-state index is 12.9. The lowest BCUT2D eigenvalue weighted by Gasteiger charge is -2.32. The van der Waals surface area contributed by atoms with Crippen LogP contribution < -0.4 is 4.72 Å². The van der Waals surface area contributed by atoms with E-state index in [-0.39, 0.29) is 11.8 Å². The Morgan fingerprint density at radius 3 is 2.64 bits per heavy atom. The molecule has 0 bridgehead atoms. The van der Waals surface area contributed by atoms with Gasteiger partial charge in [-0.25, -0.2) is 13.4 Å². The van der Waals surface area contributed by atoms with E-state index < -0.39 is 10.0 Å². The van der Waals surface area contributed by atoms with E-state index in [1.54, 1.807) is 24.3 Å². The Kier molecular flexibility index (Phi) is 4.80. The summed E-state index contributed by atoms with van der Waals surface area (Å²) < 4.78 is 25.0. The van der Waals surface area contributed by atoms with E-state index in [4.69, 9.17) is 0 Å². The number of likely N-dealkylation sites (tertiary alicyclic amines) is 1. The Labute approximate surface area is 163 Å². The van der Waals surface area contributed by atoms with E-state index in [1.165, 1.54) is 0 Å². The molecule has 1 amide bonds. The first-order valence-electron chi connectivity index (χ1n) is 9.21. The molecule has 0 saturated carbocycles. The Hall–Kier alpha value is -2.87. The van der Waals surface area contributed by atoms with Crippen molar-refractivity contribution in [1.82, 2.24) is 14.9 Å². The first-order chi connectivity index (χ1) is 13.4. The zero-order chi connectivity index (χ0) is 19.7. The summed E-state index contributed by atoms with van der Waals surface area (Å²) in [5.74, 6) is 1.05. The molecule has 1 unspecified atom stereocenters. The number of aromatic nitrogens is 2. The predicted octanol–water partition coefficient (Wildman–Crippen LogP) is 2.95. The van der Waals surface area contributed by atoms with Gasteiger partial charge >= 0.3 is 0 Å². The van der Waals surface area contributed by atoms with Gasteiger partial charge in [0.05, 0.1) is 17.3 Å². The van der Waals surface area contributed by atoms with Gasteiger partial charge in [-0.05, 0) is 49.2 Å². The van der Waals surface area contributed by atoms with E-state index in [0.717, 1.165) is 36.0 Å². The molecule has 1 aliphatic heterocycles. The van der Waals surface area contributed by atoms with Crippen molar-refractivity contribution >= 4 is 32.7 Å². The van der Waals surface area contributed by atoms with Gasteiger partial charge in [-0.1, -0.05) is 12.1 Å². The highest BCUT2D eigenvalue weighted by Crippen LogP contribution is 2.27. The molecule has 0 spiro atoms. The van der Waals surface area contributed by atoms with Crippen LogP contribution in [0.1, 0.15) is 34.9 Å². The number of H-pyrrole nitrogens is 1. The number of benzene rings is 2. The number of carbonyl (C=O) groups is 1. The maximum absolute atomic E-state index is 12.9. The number of fused-ring (bicyclic) bond motifs is 1. The van der Waals surface area contributed by atoms with Crippen LogP contribution in [0, 0.1) is 0 Å². The van der Waals surface area contributed by atoms with Crippen LogP contribution in [-0.4, -0.2) is 48.5 Å². The quantitative estimate of drug-likeness (QED) is 0.706. The van der Waals surface area contributed by atoms with Crippen molar-refractivity contribution in [2.24, 2.45) is 0 Å². The van der Waals surface area contributed by atoms with Crippen LogP contribution in [0.25, 0.3) is 11.0 Å². The van der Waals surface area contributed by atoms with Gasteiger partial charge in [0, 0.05) is 30.3 Å². The lowest BCUT2D eigenvalue weighted by atomic mass is 9.96. The Morgan fingerprint density at radius 2 is 1.93 bits per heavy atom. The fraction of sp³-hybridized carbons (Fsp3) is 0.300. The molecule has 28 heavy (non-hydrogen) atoms. The molecular weight excluding hydrogens is 376 g/mol. The van der Waals surface area contributed by atoms with E-state index in [1.807, 2.05) is 29.2 Å². The summed E-state index contributed by atoms with van der Waals surface area (Å²) in [4.78, 5) is 22.8. The summed E-state index contributed by atoms with van der Waals surface area (Å²) in [7, 11) is -3.34. The first kappa shape index (κ1) is 18.5. The second kappa shape index (κ2) is 7.27. The van der Waals surface area contributed by atoms with Gasteiger partial charge in [0.25, 0.3) is 5.91 Å². The largest absolute Gasteiger partial charge is 0.342 e. The second-order valence-electron chi connectivity index (χ2n) is 7.18. The van der Waals surface area contributed by atoms with Crippen molar-refractivity contribution < 1.29 is 13.2 Å². The monoisotopic (exact) mass is 398 g/mol. The number of amides is 1. The normalized spacial score (nSPS) is 17.6. The van der Waals surface area contributed by atoms with Gasteiger partial charge < -0.3 is 9.88 Å². The molecule has 2 aromatic carbocycles.